The van der Waals surface area contributed by atoms with Gasteiger partial charge < -0.3 is 10.3 Å². The first-order valence-electron chi connectivity index (χ1n) is 6.94. The number of anilines is 1. The van der Waals surface area contributed by atoms with Crippen LogP contribution in [0.2, 0.25) is 0 Å². The van der Waals surface area contributed by atoms with Gasteiger partial charge in [0, 0.05) is 18.6 Å². The molecule has 0 aliphatic heterocycles. The maximum Gasteiger partial charge on any atom is 0.251 e. The SMILES string of the molecule is CC(C)(C)c1cc(=O)[nH]c(SCC(=O)Nc2ccccc2)n1.[HH]. The monoisotopic (exact) mass is 319 g/mol. The molecule has 1 aromatic heterocycles. The molecular weight excluding hydrogens is 298 g/mol. The van der Waals surface area contributed by atoms with Gasteiger partial charge in [-0.1, -0.05) is 50.7 Å². The molecule has 0 unspecified atom stereocenters. The van der Waals surface area contributed by atoms with E-state index in [1.165, 1.54) is 17.8 Å². The van der Waals surface area contributed by atoms with E-state index in [4.69, 9.17) is 0 Å². The Kier molecular flexibility index (Phi) is 5.03. The number of amides is 1. The Bertz CT molecular complexity index is 711. The van der Waals surface area contributed by atoms with Crippen molar-refractivity contribution in [2.45, 2.75) is 31.3 Å². The minimum atomic E-state index is -0.212. The normalized spacial score (nSPS) is 11.2. The Hall–Kier alpha value is -2.08. The van der Waals surface area contributed by atoms with Crippen LogP contribution in [0.3, 0.4) is 0 Å². The van der Waals surface area contributed by atoms with Crippen LogP contribution in [0.15, 0.2) is 46.3 Å². The van der Waals surface area contributed by atoms with Crippen molar-refractivity contribution >= 4 is 23.4 Å². The highest BCUT2D eigenvalue weighted by molar-refractivity contribution is 7.99. The van der Waals surface area contributed by atoms with Gasteiger partial charge in [-0.05, 0) is 12.1 Å². The quantitative estimate of drug-likeness (QED) is 0.671. The third-order valence-electron chi connectivity index (χ3n) is 2.89. The van der Waals surface area contributed by atoms with E-state index in [0.29, 0.717) is 10.9 Å². The second kappa shape index (κ2) is 6.79. The predicted octanol–water partition coefficient (Wildman–Crippen LogP) is 3.04. The number of carbonyl (C=O) groups excluding carboxylic acids is 1. The highest BCUT2D eigenvalue weighted by atomic mass is 32.2. The molecule has 0 radical (unpaired) electrons. The number of benzene rings is 1. The van der Waals surface area contributed by atoms with Crippen LogP contribution in [0.25, 0.3) is 0 Å². The average molecular weight is 319 g/mol. The van der Waals surface area contributed by atoms with Gasteiger partial charge in [0.05, 0.1) is 11.4 Å². The van der Waals surface area contributed by atoms with Crippen molar-refractivity contribution in [3.05, 3.63) is 52.4 Å². The van der Waals surface area contributed by atoms with Crippen LogP contribution in [0.1, 0.15) is 27.9 Å². The smallest absolute Gasteiger partial charge is 0.251 e. The lowest BCUT2D eigenvalue weighted by molar-refractivity contribution is -0.113. The number of para-hydroxylation sites is 1. The summed E-state index contributed by atoms with van der Waals surface area (Å²) in [5.41, 5.74) is 1.04. The van der Waals surface area contributed by atoms with Gasteiger partial charge in [-0.25, -0.2) is 4.98 Å². The Morgan fingerprint density at radius 3 is 2.64 bits per heavy atom. The Balaban J connectivity index is 0.00000264. The lowest BCUT2D eigenvalue weighted by Crippen LogP contribution is -2.20. The van der Waals surface area contributed by atoms with E-state index >= 15 is 0 Å². The number of aromatic nitrogens is 2. The molecule has 0 aliphatic rings. The van der Waals surface area contributed by atoms with Crippen molar-refractivity contribution in [3.8, 4) is 0 Å². The Labute approximate surface area is 135 Å². The zero-order chi connectivity index (χ0) is 16.2. The zero-order valence-corrected chi connectivity index (χ0v) is 13.7. The number of hydrogen-bond acceptors (Lipinski definition) is 4. The first-order valence-corrected chi connectivity index (χ1v) is 7.93. The van der Waals surface area contributed by atoms with E-state index in [9.17, 15) is 9.59 Å². The van der Waals surface area contributed by atoms with Crippen molar-refractivity contribution < 1.29 is 6.22 Å². The number of nitrogens with zero attached hydrogens (tertiary/aromatic N) is 1. The fraction of sp³-hybridized carbons (Fsp3) is 0.312. The van der Waals surface area contributed by atoms with Gasteiger partial charge in [-0.15, -0.1) is 0 Å². The van der Waals surface area contributed by atoms with Crippen LogP contribution in [0.4, 0.5) is 5.69 Å². The lowest BCUT2D eigenvalue weighted by Gasteiger charge is -2.17. The maximum absolute atomic E-state index is 11.9. The lowest BCUT2D eigenvalue weighted by atomic mass is 9.92. The highest BCUT2D eigenvalue weighted by Gasteiger charge is 2.17. The van der Waals surface area contributed by atoms with Gasteiger partial charge in [0.1, 0.15) is 0 Å². The molecule has 0 saturated heterocycles. The van der Waals surface area contributed by atoms with Gasteiger partial charge in [0.15, 0.2) is 5.16 Å². The van der Waals surface area contributed by atoms with Crippen LogP contribution in [-0.4, -0.2) is 21.6 Å². The van der Waals surface area contributed by atoms with Gasteiger partial charge in [-0.2, -0.15) is 0 Å². The Morgan fingerprint density at radius 1 is 1.32 bits per heavy atom. The molecule has 0 fully saturated rings. The van der Waals surface area contributed by atoms with Crippen LogP contribution in [0, 0.1) is 0 Å². The standard InChI is InChI=1S/C16H19N3O2S.H2/c1-16(2,3)12-9-13(20)19-15(18-12)22-10-14(21)17-11-7-5-4-6-8-11;/h4-9H,10H2,1-3H3,(H,17,21)(H,18,19,20);1H. The fourth-order valence-electron chi connectivity index (χ4n) is 1.74. The van der Waals surface area contributed by atoms with E-state index in [1.54, 1.807) is 0 Å². The van der Waals surface area contributed by atoms with Crippen LogP contribution in [-0.2, 0) is 10.2 Å². The summed E-state index contributed by atoms with van der Waals surface area (Å²) in [6.45, 7) is 5.97. The van der Waals surface area contributed by atoms with Crippen LogP contribution < -0.4 is 10.9 Å². The van der Waals surface area contributed by atoms with Gasteiger partial charge in [0.25, 0.3) is 5.56 Å². The average Bonchev–Trinajstić information content (AvgIpc) is 2.45. The van der Waals surface area contributed by atoms with Crippen molar-refractivity contribution in [3.63, 3.8) is 0 Å². The molecule has 0 spiro atoms. The van der Waals surface area contributed by atoms with Crippen LogP contribution >= 0.6 is 11.8 Å². The summed E-state index contributed by atoms with van der Waals surface area (Å²) in [7, 11) is 0. The summed E-state index contributed by atoms with van der Waals surface area (Å²) in [5, 5.41) is 3.25. The molecule has 6 heteroatoms. The molecule has 0 atom stereocenters. The molecule has 0 saturated carbocycles. The molecule has 5 nitrogen and oxygen atoms in total. The highest BCUT2D eigenvalue weighted by Crippen LogP contribution is 2.21. The third kappa shape index (κ3) is 4.73. The number of thioether (sulfide) groups is 1. The minimum absolute atomic E-state index is 0. The Morgan fingerprint density at radius 2 is 2.00 bits per heavy atom. The summed E-state index contributed by atoms with van der Waals surface area (Å²) in [5.74, 6) is 0.0471. The molecule has 118 valence electrons. The van der Waals surface area contributed by atoms with E-state index < -0.39 is 0 Å². The molecule has 1 heterocycles. The van der Waals surface area contributed by atoms with Crippen molar-refractivity contribution in [1.29, 1.82) is 0 Å². The summed E-state index contributed by atoms with van der Waals surface area (Å²) < 4.78 is 0. The molecule has 2 aromatic rings. The van der Waals surface area contributed by atoms with Gasteiger partial charge in [-0.3, -0.25) is 9.59 Å². The van der Waals surface area contributed by atoms with E-state index in [-0.39, 0.29) is 24.1 Å². The molecule has 2 rings (SSSR count). The number of carbonyl (C=O) groups is 1. The van der Waals surface area contributed by atoms with Crippen LogP contribution in [0.5, 0.6) is 0 Å². The molecule has 1 amide bonds. The molecule has 0 bridgehead atoms. The number of aromatic amines is 1. The maximum atomic E-state index is 11.9. The summed E-state index contributed by atoms with van der Waals surface area (Å²) >= 11 is 1.21. The van der Waals surface area contributed by atoms with Gasteiger partial charge in [0.2, 0.25) is 5.91 Å². The van der Waals surface area contributed by atoms with Gasteiger partial charge >= 0.3 is 0 Å². The van der Waals surface area contributed by atoms with Crippen molar-refractivity contribution in [2.75, 3.05) is 11.1 Å². The predicted molar refractivity (Wildman–Crippen MR) is 91.5 cm³/mol. The molecular formula is C16H21N3O2S. The fourth-order valence-corrected chi connectivity index (χ4v) is 2.42. The summed E-state index contributed by atoms with van der Waals surface area (Å²) in [6.07, 6.45) is 0. The van der Waals surface area contributed by atoms with Crippen molar-refractivity contribution in [2.24, 2.45) is 0 Å². The van der Waals surface area contributed by atoms with E-state index in [1.807, 2.05) is 51.1 Å². The summed E-state index contributed by atoms with van der Waals surface area (Å²) in [6, 6.07) is 10.7. The zero-order valence-electron chi connectivity index (χ0n) is 12.8. The molecule has 0 aliphatic carbocycles. The topological polar surface area (TPSA) is 74.8 Å². The van der Waals surface area contributed by atoms with E-state index in [2.05, 4.69) is 15.3 Å². The second-order valence-corrected chi connectivity index (χ2v) is 6.85. The number of H-pyrrole nitrogens is 1. The summed E-state index contributed by atoms with van der Waals surface area (Å²) in [4.78, 5) is 30.7. The second-order valence-electron chi connectivity index (χ2n) is 5.89. The van der Waals surface area contributed by atoms with E-state index in [0.717, 1.165) is 5.69 Å². The first-order chi connectivity index (χ1) is 10.3. The number of hydrogen-bond donors (Lipinski definition) is 2. The first kappa shape index (κ1) is 16.3. The largest absolute Gasteiger partial charge is 0.325 e. The number of rotatable bonds is 4. The third-order valence-corrected chi connectivity index (χ3v) is 3.76. The molecule has 1 aromatic carbocycles. The van der Waals surface area contributed by atoms with Crippen molar-refractivity contribution in [1.82, 2.24) is 9.97 Å². The molecule has 22 heavy (non-hydrogen) atoms. The molecule has 2 N–H and O–H groups in total. The minimum Gasteiger partial charge on any atom is -0.325 e. The number of nitrogens with one attached hydrogen (secondary N) is 2.